The number of hydrogen-bond acceptors (Lipinski definition) is 4. The second-order valence-corrected chi connectivity index (χ2v) is 9.34. The summed E-state index contributed by atoms with van der Waals surface area (Å²) in [6, 6.07) is 21.0. The van der Waals surface area contributed by atoms with E-state index in [4.69, 9.17) is 0 Å². The molecule has 0 bridgehead atoms. The van der Waals surface area contributed by atoms with Gasteiger partial charge in [-0.2, -0.15) is 0 Å². The number of guanidine groups is 1. The number of nitrogens with zero attached hydrogens (tertiary/aromatic N) is 2. The monoisotopic (exact) mass is 436 g/mol. The molecule has 1 aliphatic rings. The molecular weight excluding hydrogens is 404 g/mol. The zero-order chi connectivity index (χ0) is 21.5. The summed E-state index contributed by atoms with van der Waals surface area (Å²) < 4.78 is 1.21. The first-order valence-corrected chi connectivity index (χ1v) is 11.9. The molecule has 2 heterocycles. The average Bonchev–Trinajstić information content (AvgIpc) is 3.45. The van der Waals surface area contributed by atoms with Crippen LogP contribution in [0.25, 0.3) is 10.1 Å². The van der Waals surface area contributed by atoms with E-state index in [-0.39, 0.29) is 0 Å². The lowest BCUT2D eigenvalue weighted by atomic mass is 10.1. The van der Waals surface area contributed by atoms with Crippen LogP contribution in [-0.4, -0.2) is 55.7 Å². The highest BCUT2D eigenvalue weighted by atomic mass is 32.1. The molecule has 31 heavy (non-hydrogen) atoms. The summed E-state index contributed by atoms with van der Waals surface area (Å²) in [5.74, 6) is 1.38. The number of nitrogens with one attached hydrogen (secondary N) is 2. The van der Waals surface area contributed by atoms with E-state index in [1.807, 2.05) is 12.1 Å². The fourth-order valence-corrected chi connectivity index (χ4v) is 5.19. The Hall–Kier alpha value is -2.41. The first kappa shape index (κ1) is 21.8. The Kier molecular flexibility index (Phi) is 7.57. The van der Waals surface area contributed by atoms with Crippen molar-refractivity contribution in [1.29, 1.82) is 0 Å². The van der Waals surface area contributed by atoms with Crippen LogP contribution in [0.5, 0.6) is 0 Å². The van der Waals surface area contributed by atoms with Gasteiger partial charge >= 0.3 is 0 Å². The standard InChI is InChI=1S/C25H32N4OS/c1-26-25(28-17-22(30)24-15-21-9-5-6-10-23(21)31-24)27-16-20-12-14-29(18-20)13-11-19-7-3-2-4-8-19/h2-10,15,20,22,30H,11-14,16-18H2,1H3,(H2,26,27,28). The maximum Gasteiger partial charge on any atom is 0.191 e. The van der Waals surface area contributed by atoms with Crippen LogP contribution in [0.15, 0.2) is 65.7 Å². The van der Waals surface area contributed by atoms with Gasteiger partial charge in [-0.05, 0) is 48.4 Å². The van der Waals surface area contributed by atoms with Crippen LogP contribution < -0.4 is 10.6 Å². The molecule has 5 nitrogen and oxygen atoms in total. The molecule has 0 aliphatic carbocycles. The predicted octanol–water partition coefficient (Wildman–Crippen LogP) is 3.66. The van der Waals surface area contributed by atoms with Gasteiger partial charge in [0, 0.05) is 42.8 Å². The van der Waals surface area contributed by atoms with E-state index in [9.17, 15) is 5.11 Å². The van der Waals surface area contributed by atoms with Crippen LogP contribution in [0.2, 0.25) is 0 Å². The SMILES string of the molecule is CN=C(NCC1CCN(CCc2ccccc2)C1)NCC(O)c1cc2ccccc2s1. The van der Waals surface area contributed by atoms with Crippen molar-refractivity contribution in [3.63, 3.8) is 0 Å². The Balaban J connectivity index is 1.18. The summed E-state index contributed by atoms with van der Waals surface area (Å²) in [6.45, 7) is 4.76. The summed E-state index contributed by atoms with van der Waals surface area (Å²) in [6.07, 6.45) is 1.78. The summed E-state index contributed by atoms with van der Waals surface area (Å²) in [5, 5.41) is 18.5. The first-order chi connectivity index (χ1) is 15.2. The third-order valence-corrected chi connectivity index (χ3v) is 7.16. The summed E-state index contributed by atoms with van der Waals surface area (Å²) in [4.78, 5) is 7.86. The average molecular weight is 437 g/mol. The molecule has 2 unspecified atom stereocenters. The lowest BCUT2D eigenvalue weighted by molar-refractivity contribution is 0.184. The molecule has 1 aliphatic heterocycles. The molecule has 0 saturated carbocycles. The molecule has 0 radical (unpaired) electrons. The lowest BCUT2D eigenvalue weighted by Gasteiger charge is -2.18. The largest absolute Gasteiger partial charge is 0.386 e. The number of aliphatic hydroxyl groups is 1. The van der Waals surface area contributed by atoms with Gasteiger partial charge in [0.25, 0.3) is 0 Å². The highest BCUT2D eigenvalue weighted by molar-refractivity contribution is 7.19. The Labute approximate surface area is 188 Å². The molecule has 4 rings (SSSR count). The van der Waals surface area contributed by atoms with Crippen molar-refractivity contribution in [2.45, 2.75) is 18.9 Å². The second-order valence-electron chi connectivity index (χ2n) is 8.23. The maximum atomic E-state index is 10.6. The smallest absolute Gasteiger partial charge is 0.191 e. The van der Waals surface area contributed by atoms with Crippen LogP contribution in [0.3, 0.4) is 0 Å². The van der Waals surface area contributed by atoms with E-state index in [0.29, 0.717) is 12.5 Å². The Morgan fingerprint density at radius 3 is 2.77 bits per heavy atom. The van der Waals surface area contributed by atoms with Crippen LogP contribution in [0.4, 0.5) is 0 Å². The number of aliphatic hydroxyl groups excluding tert-OH is 1. The predicted molar refractivity (Wildman–Crippen MR) is 131 cm³/mol. The summed E-state index contributed by atoms with van der Waals surface area (Å²) in [5.41, 5.74) is 1.41. The van der Waals surface area contributed by atoms with Crippen molar-refractivity contribution in [3.8, 4) is 0 Å². The van der Waals surface area contributed by atoms with Gasteiger partial charge in [0.2, 0.25) is 0 Å². The van der Waals surface area contributed by atoms with E-state index >= 15 is 0 Å². The number of fused-ring (bicyclic) bond motifs is 1. The third kappa shape index (κ3) is 6.06. The van der Waals surface area contributed by atoms with Crippen molar-refractivity contribution < 1.29 is 5.11 Å². The number of benzene rings is 2. The molecule has 3 aromatic rings. The molecule has 0 spiro atoms. The first-order valence-electron chi connectivity index (χ1n) is 11.1. The normalized spacial score (nSPS) is 18.4. The van der Waals surface area contributed by atoms with Gasteiger partial charge in [-0.25, -0.2) is 0 Å². The van der Waals surface area contributed by atoms with Gasteiger partial charge in [-0.15, -0.1) is 11.3 Å². The van der Waals surface area contributed by atoms with Crippen molar-refractivity contribution in [1.82, 2.24) is 15.5 Å². The van der Waals surface area contributed by atoms with Crippen molar-refractivity contribution in [2.24, 2.45) is 10.9 Å². The van der Waals surface area contributed by atoms with Crippen molar-refractivity contribution >= 4 is 27.4 Å². The molecule has 1 saturated heterocycles. The van der Waals surface area contributed by atoms with Gasteiger partial charge in [0.05, 0.1) is 0 Å². The third-order valence-electron chi connectivity index (χ3n) is 5.95. The van der Waals surface area contributed by atoms with Crippen LogP contribution in [-0.2, 0) is 6.42 Å². The Morgan fingerprint density at radius 1 is 1.16 bits per heavy atom. The Morgan fingerprint density at radius 2 is 1.97 bits per heavy atom. The number of likely N-dealkylation sites (tertiary alicyclic amines) is 1. The fourth-order valence-electron chi connectivity index (χ4n) is 4.14. The van der Waals surface area contributed by atoms with Gasteiger partial charge in [-0.1, -0.05) is 48.5 Å². The van der Waals surface area contributed by atoms with Crippen LogP contribution in [0.1, 0.15) is 23.0 Å². The highest BCUT2D eigenvalue weighted by Gasteiger charge is 2.22. The zero-order valence-corrected chi connectivity index (χ0v) is 18.9. The van der Waals surface area contributed by atoms with Gasteiger partial charge in [0.15, 0.2) is 5.96 Å². The molecule has 164 valence electrons. The van der Waals surface area contributed by atoms with E-state index in [1.165, 1.54) is 22.1 Å². The molecule has 1 aromatic heterocycles. The maximum absolute atomic E-state index is 10.6. The number of hydrogen-bond donors (Lipinski definition) is 3. The van der Waals surface area contributed by atoms with Crippen molar-refractivity contribution in [3.05, 3.63) is 71.1 Å². The number of rotatable bonds is 8. The molecule has 3 N–H and O–H groups in total. The Bertz CT molecular complexity index is 954. The molecule has 0 amide bonds. The quantitative estimate of drug-likeness (QED) is 0.373. The van der Waals surface area contributed by atoms with E-state index in [2.05, 4.69) is 69.1 Å². The van der Waals surface area contributed by atoms with E-state index < -0.39 is 6.10 Å². The molecule has 6 heteroatoms. The number of thiophene rings is 1. The van der Waals surface area contributed by atoms with E-state index in [1.54, 1.807) is 18.4 Å². The highest BCUT2D eigenvalue weighted by Crippen LogP contribution is 2.29. The zero-order valence-electron chi connectivity index (χ0n) is 18.1. The molecule has 2 aromatic carbocycles. The minimum atomic E-state index is -0.545. The van der Waals surface area contributed by atoms with Gasteiger partial charge in [-0.3, -0.25) is 4.99 Å². The summed E-state index contributed by atoms with van der Waals surface area (Å²) >= 11 is 1.65. The van der Waals surface area contributed by atoms with Gasteiger partial charge in [0.1, 0.15) is 6.10 Å². The summed E-state index contributed by atoms with van der Waals surface area (Å²) in [7, 11) is 1.78. The second kappa shape index (κ2) is 10.8. The fraction of sp³-hybridized carbons (Fsp3) is 0.400. The molecule has 2 atom stereocenters. The minimum absolute atomic E-state index is 0.445. The van der Waals surface area contributed by atoms with Crippen molar-refractivity contribution in [2.75, 3.05) is 39.8 Å². The van der Waals surface area contributed by atoms with Crippen LogP contribution >= 0.6 is 11.3 Å². The topological polar surface area (TPSA) is 59.9 Å². The van der Waals surface area contributed by atoms with Crippen LogP contribution in [0, 0.1) is 5.92 Å². The van der Waals surface area contributed by atoms with E-state index in [0.717, 1.165) is 43.4 Å². The van der Waals surface area contributed by atoms with Gasteiger partial charge < -0.3 is 20.6 Å². The molecule has 1 fully saturated rings. The lowest BCUT2D eigenvalue weighted by Crippen LogP contribution is -2.41. The number of aliphatic imine (C=N–C) groups is 1. The minimum Gasteiger partial charge on any atom is -0.386 e. The molecular formula is C25H32N4OS.